The van der Waals surface area contributed by atoms with Gasteiger partial charge < -0.3 is 19.4 Å². The molecular weight excluding hydrogens is 318 g/mol. The Hall–Kier alpha value is -2.34. The van der Waals surface area contributed by atoms with Gasteiger partial charge >= 0.3 is 0 Å². The lowest BCUT2D eigenvalue weighted by Gasteiger charge is -2.24. The number of amides is 1. The summed E-state index contributed by atoms with van der Waals surface area (Å²) in [6.45, 7) is 2.18. The van der Waals surface area contributed by atoms with Gasteiger partial charge in [0.2, 0.25) is 0 Å². The summed E-state index contributed by atoms with van der Waals surface area (Å²) in [5.41, 5.74) is 0.654. The number of carbonyl (C=O) groups excluding carboxylic acids is 1. The summed E-state index contributed by atoms with van der Waals surface area (Å²) in [6, 6.07) is 7.46. The van der Waals surface area contributed by atoms with Gasteiger partial charge in [-0.15, -0.1) is 0 Å². The Bertz CT molecular complexity index is 720. The summed E-state index contributed by atoms with van der Waals surface area (Å²) in [6.07, 6.45) is 7.96. The van der Waals surface area contributed by atoms with Crippen molar-refractivity contribution in [3.63, 3.8) is 0 Å². The zero-order chi connectivity index (χ0) is 17.1. The van der Waals surface area contributed by atoms with E-state index < -0.39 is 0 Å². The maximum Gasteiger partial charge on any atom is 0.251 e. The molecule has 3 heterocycles. The number of ether oxygens (including phenoxy) is 2. The monoisotopic (exact) mass is 341 g/mol. The van der Waals surface area contributed by atoms with E-state index in [1.807, 2.05) is 36.7 Å². The van der Waals surface area contributed by atoms with Gasteiger partial charge in [-0.3, -0.25) is 4.79 Å². The molecule has 2 aromatic rings. The molecule has 132 valence electrons. The van der Waals surface area contributed by atoms with Gasteiger partial charge in [-0.05, 0) is 43.5 Å². The standard InChI is InChI=1S/C19H23N3O3/c23-19(21-15-5-8-18-20-9-10-22(18)12-15)14-3-6-16(7-4-14)25-13-17-2-1-11-24-17/h3-4,6-7,9-10,15,17H,1-2,5,8,11-13H2,(H,21,23). The van der Waals surface area contributed by atoms with Gasteiger partial charge in [0.1, 0.15) is 18.2 Å². The molecule has 1 aromatic carbocycles. The molecule has 4 rings (SSSR count). The van der Waals surface area contributed by atoms with Crippen LogP contribution in [-0.4, -0.2) is 40.8 Å². The van der Waals surface area contributed by atoms with Crippen LogP contribution in [0.2, 0.25) is 0 Å². The summed E-state index contributed by atoms with van der Waals surface area (Å²) in [5.74, 6) is 1.82. The average molecular weight is 341 g/mol. The fourth-order valence-electron chi connectivity index (χ4n) is 3.42. The molecule has 1 aromatic heterocycles. The molecule has 1 N–H and O–H groups in total. The van der Waals surface area contributed by atoms with Gasteiger partial charge in [-0.25, -0.2) is 4.98 Å². The molecule has 25 heavy (non-hydrogen) atoms. The molecule has 2 aliphatic heterocycles. The van der Waals surface area contributed by atoms with Gasteiger partial charge in [-0.2, -0.15) is 0 Å². The molecule has 0 spiro atoms. The summed E-state index contributed by atoms with van der Waals surface area (Å²) in [5, 5.41) is 3.11. The number of nitrogens with zero attached hydrogens (tertiary/aromatic N) is 2. The van der Waals surface area contributed by atoms with Crippen LogP contribution in [0.25, 0.3) is 0 Å². The number of hydrogen-bond donors (Lipinski definition) is 1. The third-order valence-corrected chi connectivity index (χ3v) is 4.85. The number of aryl methyl sites for hydroxylation is 1. The van der Waals surface area contributed by atoms with Crippen LogP contribution < -0.4 is 10.1 Å². The molecule has 2 atom stereocenters. The van der Waals surface area contributed by atoms with Crippen molar-refractivity contribution in [2.75, 3.05) is 13.2 Å². The van der Waals surface area contributed by atoms with Gasteiger partial charge in [0.05, 0.1) is 6.10 Å². The molecule has 6 heteroatoms. The highest BCUT2D eigenvalue weighted by atomic mass is 16.5. The van der Waals surface area contributed by atoms with E-state index in [0.29, 0.717) is 12.2 Å². The Morgan fingerprint density at radius 2 is 2.20 bits per heavy atom. The Labute approximate surface area is 147 Å². The van der Waals surface area contributed by atoms with Crippen LogP contribution in [0.5, 0.6) is 5.75 Å². The fourth-order valence-corrected chi connectivity index (χ4v) is 3.42. The van der Waals surface area contributed by atoms with E-state index in [0.717, 1.165) is 50.4 Å². The van der Waals surface area contributed by atoms with Crippen LogP contribution in [0.15, 0.2) is 36.7 Å². The van der Waals surface area contributed by atoms with Crippen molar-refractivity contribution in [1.29, 1.82) is 0 Å². The van der Waals surface area contributed by atoms with Crippen molar-refractivity contribution in [1.82, 2.24) is 14.9 Å². The van der Waals surface area contributed by atoms with Crippen molar-refractivity contribution < 1.29 is 14.3 Å². The summed E-state index contributed by atoms with van der Waals surface area (Å²) >= 11 is 0. The van der Waals surface area contributed by atoms with Gasteiger partial charge in [0.15, 0.2) is 0 Å². The average Bonchev–Trinajstić information content (AvgIpc) is 3.31. The second-order valence-electron chi connectivity index (χ2n) is 6.68. The van der Waals surface area contributed by atoms with E-state index in [4.69, 9.17) is 9.47 Å². The van der Waals surface area contributed by atoms with Crippen molar-refractivity contribution in [3.8, 4) is 5.75 Å². The summed E-state index contributed by atoms with van der Waals surface area (Å²) in [7, 11) is 0. The SMILES string of the molecule is O=C(NC1CCc2nccn2C1)c1ccc(OCC2CCCO2)cc1. The van der Waals surface area contributed by atoms with Crippen molar-refractivity contribution in [2.45, 2.75) is 44.4 Å². The number of aromatic nitrogens is 2. The molecule has 2 unspecified atom stereocenters. The topological polar surface area (TPSA) is 65.4 Å². The van der Waals surface area contributed by atoms with E-state index in [9.17, 15) is 4.79 Å². The van der Waals surface area contributed by atoms with Crippen LogP contribution in [0, 0.1) is 0 Å². The first-order chi connectivity index (χ1) is 12.3. The highest BCUT2D eigenvalue weighted by molar-refractivity contribution is 5.94. The maximum absolute atomic E-state index is 12.4. The Morgan fingerprint density at radius 1 is 1.32 bits per heavy atom. The second-order valence-corrected chi connectivity index (χ2v) is 6.68. The highest BCUT2D eigenvalue weighted by Crippen LogP contribution is 2.17. The molecule has 2 aliphatic rings. The number of hydrogen-bond acceptors (Lipinski definition) is 4. The molecule has 0 saturated carbocycles. The second kappa shape index (κ2) is 7.27. The molecule has 0 radical (unpaired) electrons. The smallest absolute Gasteiger partial charge is 0.251 e. The zero-order valence-corrected chi connectivity index (χ0v) is 14.2. The summed E-state index contributed by atoms with van der Waals surface area (Å²) < 4.78 is 13.4. The Morgan fingerprint density at radius 3 is 3.00 bits per heavy atom. The first kappa shape index (κ1) is 16.1. The number of nitrogens with one attached hydrogen (secondary N) is 1. The van der Waals surface area contributed by atoms with Gasteiger partial charge in [0, 0.05) is 43.6 Å². The minimum atomic E-state index is -0.0424. The van der Waals surface area contributed by atoms with Crippen LogP contribution in [0.1, 0.15) is 35.4 Å². The minimum absolute atomic E-state index is 0.0424. The number of fused-ring (bicyclic) bond motifs is 1. The van der Waals surface area contributed by atoms with Crippen molar-refractivity contribution in [2.24, 2.45) is 0 Å². The lowest BCUT2D eigenvalue weighted by Crippen LogP contribution is -2.40. The predicted molar refractivity (Wildman–Crippen MR) is 92.7 cm³/mol. The molecule has 6 nitrogen and oxygen atoms in total. The third kappa shape index (κ3) is 3.85. The normalized spacial score (nSPS) is 22.4. The minimum Gasteiger partial charge on any atom is -0.491 e. The molecular formula is C19H23N3O3. The Balaban J connectivity index is 1.30. The number of benzene rings is 1. The fraction of sp³-hybridized carbons (Fsp3) is 0.474. The summed E-state index contributed by atoms with van der Waals surface area (Å²) in [4.78, 5) is 16.8. The quantitative estimate of drug-likeness (QED) is 0.905. The molecule has 0 aliphatic carbocycles. The molecule has 1 amide bonds. The molecule has 1 fully saturated rings. The van der Waals surface area contributed by atoms with E-state index in [1.165, 1.54) is 0 Å². The van der Waals surface area contributed by atoms with Gasteiger partial charge in [-0.1, -0.05) is 0 Å². The predicted octanol–water partition coefficient (Wildman–Crippen LogP) is 2.19. The number of carbonyl (C=O) groups is 1. The van der Waals surface area contributed by atoms with E-state index in [2.05, 4.69) is 14.9 Å². The van der Waals surface area contributed by atoms with Crippen LogP contribution >= 0.6 is 0 Å². The first-order valence-electron chi connectivity index (χ1n) is 8.93. The maximum atomic E-state index is 12.4. The lowest BCUT2D eigenvalue weighted by molar-refractivity contribution is 0.0679. The van der Waals surface area contributed by atoms with E-state index >= 15 is 0 Å². The largest absolute Gasteiger partial charge is 0.491 e. The first-order valence-corrected chi connectivity index (χ1v) is 8.93. The highest BCUT2D eigenvalue weighted by Gasteiger charge is 2.21. The van der Waals surface area contributed by atoms with Crippen LogP contribution in [-0.2, 0) is 17.7 Å². The lowest BCUT2D eigenvalue weighted by atomic mass is 10.1. The third-order valence-electron chi connectivity index (χ3n) is 4.85. The zero-order valence-electron chi connectivity index (χ0n) is 14.2. The molecule has 1 saturated heterocycles. The van der Waals surface area contributed by atoms with E-state index in [1.54, 1.807) is 0 Å². The van der Waals surface area contributed by atoms with Crippen molar-refractivity contribution in [3.05, 3.63) is 48.0 Å². The van der Waals surface area contributed by atoms with Crippen molar-refractivity contribution >= 4 is 5.91 Å². The van der Waals surface area contributed by atoms with Crippen LogP contribution in [0.3, 0.4) is 0 Å². The Kier molecular flexibility index (Phi) is 4.70. The molecule has 0 bridgehead atoms. The van der Waals surface area contributed by atoms with Gasteiger partial charge in [0.25, 0.3) is 5.91 Å². The number of imidazole rings is 1. The van der Waals surface area contributed by atoms with Crippen LogP contribution in [0.4, 0.5) is 0 Å². The number of rotatable bonds is 5. The van der Waals surface area contributed by atoms with E-state index in [-0.39, 0.29) is 18.1 Å².